The number of methoxy groups -OCH3 is 1. The third kappa shape index (κ3) is 4.40. The van der Waals surface area contributed by atoms with E-state index in [0.29, 0.717) is 11.1 Å². The average Bonchev–Trinajstić information content (AvgIpc) is 3.29. The van der Waals surface area contributed by atoms with E-state index in [9.17, 15) is 9.90 Å². The van der Waals surface area contributed by atoms with E-state index >= 15 is 0 Å². The van der Waals surface area contributed by atoms with Crippen LogP contribution in [0, 0.1) is 0 Å². The first-order valence-electron chi connectivity index (χ1n) is 10.8. The molecule has 0 radical (unpaired) electrons. The first kappa shape index (κ1) is 21.8. The van der Waals surface area contributed by atoms with Gasteiger partial charge in [0.2, 0.25) is 0 Å². The molecule has 6 heteroatoms. The van der Waals surface area contributed by atoms with Crippen LogP contribution in [0.1, 0.15) is 21.5 Å². The van der Waals surface area contributed by atoms with E-state index in [-0.39, 0.29) is 17.1 Å². The van der Waals surface area contributed by atoms with Crippen molar-refractivity contribution in [3.05, 3.63) is 102 Å². The van der Waals surface area contributed by atoms with Crippen LogP contribution in [0.5, 0.6) is 11.5 Å². The van der Waals surface area contributed by atoms with Gasteiger partial charge < -0.3 is 14.8 Å². The van der Waals surface area contributed by atoms with Gasteiger partial charge >= 0.3 is 0 Å². The van der Waals surface area contributed by atoms with Crippen LogP contribution in [-0.4, -0.2) is 28.0 Å². The Balaban J connectivity index is 1.35. The van der Waals surface area contributed by atoms with Crippen molar-refractivity contribution in [2.24, 2.45) is 0 Å². The molecule has 0 spiro atoms. The predicted octanol–water partition coefficient (Wildman–Crippen LogP) is 6.62. The first-order valence-corrected chi connectivity index (χ1v) is 11.8. The van der Waals surface area contributed by atoms with Crippen molar-refractivity contribution in [1.29, 1.82) is 0 Å². The molecule has 4 aromatic carbocycles. The summed E-state index contributed by atoms with van der Waals surface area (Å²) in [4.78, 5) is 20.7. The van der Waals surface area contributed by atoms with Crippen molar-refractivity contribution in [2.75, 3.05) is 7.11 Å². The molecule has 5 rings (SSSR count). The smallest absolute Gasteiger partial charge is 0.189 e. The number of hydrogen-bond donors (Lipinski definition) is 2. The summed E-state index contributed by atoms with van der Waals surface area (Å²) in [6.07, 6.45) is 3.24. The third-order valence-electron chi connectivity index (χ3n) is 5.63. The van der Waals surface area contributed by atoms with Gasteiger partial charge in [-0.05, 0) is 47.4 Å². The van der Waals surface area contributed by atoms with Crippen LogP contribution >= 0.6 is 11.8 Å². The summed E-state index contributed by atoms with van der Waals surface area (Å²) in [7, 11) is 1.65. The number of allylic oxidation sites excluding steroid dienone is 1. The molecule has 34 heavy (non-hydrogen) atoms. The fraction of sp³-hybridized carbons (Fsp3) is 0.0714. The van der Waals surface area contributed by atoms with Crippen molar-refractivity contribution < 1.29 is 14.6 Å². The maximum absolute atomic E-state index is 12.8. The lowest BCUT2D eigenvalue weighted by Gasteiger charge is -2.09. The van der Waals surface area contributed by atoms with E-state index in [1.165, 1.54) is 6.08 Å². The fourth-order valence-corrected chi connectivity index (χ4v) is 4.74. The quantitative estimate of drug-likeness (QED) is 0.160. The van der Waals surface area contributed by atoms with Crippen LogP contribution < -0.4 is 4.74 Å². The molecule has 168 valence electrons. The maximum atomic E-state index is 12.8. The van der Waals surface area contributed by atoms with Crippen LogP contribution in [-0.2, 0) is 5.75 Å². The van der Waals surface area contributed by atoms with E-state index in [2.05, 4.69) is 9.97 Å². The summed E-state index contributed by atoms with van der Waals surface area (Å²) in [5.74, 6) is 1.19. The lowest BCUT2D eigenvalue weighted by Crippen LogP contribution is -1.96. The Kier molecular flexibility index (Phi) is 6.06. The van der Waals surface area contributed by atoms with Gasteiger partial charge in [0.15, 0.2) is 10.9 Å². The van der Waals surface area contributed by atoms with Crippen LogP contribution in [0.15, 0.2) is 90.1 Å². The number of imidazole rings is 1. The third-order valence-corrected chi connectivity index (χ3v) is 6.55. The highest BCUT2D eigenvalue weighted by atomic mass is 32.2. The van der Waals surface area contributed by atoms with Gasteiger partial charge in [0.25, 0.3) is 0 Å². The number of fused-ring (bicyclic) bond motifs is 2. The van der Waals surface area contributed by atoms with Gasteiger partial charge in [0.05, 0.1) is 23.7 Å². The van der Waals surface area contributed by atoms with Gasteiger partial charge in [-0.2, -0.15) is 0 Å². The topological polar surface area (TPSA) is 75.2 Å². The van der Waals surface area contributed by atoms with Crippen LogP contribution in [0.25, 0.3) is 27.9 Å². The summed E-state index contributed by atoms with van der Waals surface area (Å²) >= 11 is 1.59. The number of aromatic amines is 1. The Bertz CT molecular complexity index is 1500. The maximum Gasteiger partial charge on any atom is 0.189 e. The number of benzene rings is 4. The summed E-state index contributed by atoms with van der Waals surface area (Å²) < 4.78 is 5.53. The number of aromatic hydroxyl groups is 1. The van der Waals surface area contributed by atoms with Gasteiger partial charge in [-0.3, -0.25) is 4.79 Å². The number of nitrogens with zero attached hydrogens (tertiary/aromatic N) is 1. The first-order chi connectivity index (χ1) is 16.6. The van der Waals surface area contributed by atoms with Crippen LogP contribution in [0.2, 0.25) is 0 Å². The number of phenolic OH excluding ortho intramolecular Hbond substituents is 1. The van der Waals surface area contributed by atoms with Gasteiger partial charge in [0.1, 0.15) is 11.5 Å². The highest BCUT2D eigenvalue weighted by Crippen LogP contribution is 2.31. The molecule has 0 amide bonds. The number of carbonyl (C=O) groups excluding carboxylic acids is 1. The molecule has 0 fully saturated rings. The molecule has 1 aromatic heterocycles. The summed E-state index contributed by atoms with van der Waals surface area (Å²) in [6, 6.07) is 24.7. The van der Waals surface area contributed by atoms with Crippen molar-refractivity contribution >= 4 is 45.4 Å². The molecular weight excluding hydrogens is 444 g/mol. The number of ketones is 1. The molecule has 5 aromatic rings. The summed E-state index contributed by atoms with van der Waals surface area (Å²) in [5.41, 5.74) is 4.09. The van der Waals surface area contributed by atoms with E-state index in [4.69, 9.17) is 4.74 Å². The molecule has 5 nitrogen and oxygen atoms in total. The lowest BCUT2D eigenvalue weighted by atomic mass is 10.0. The largest absolute Gasteiger partial charge is 0.507 e. The fourth-order valence-electron chi connectivity index (χ4n) is 3.87. The molecule has 0 saturated carbocycles. The highest BCUT2D eigenvalue weighted by molar-refractivity contribution is 7.98. The zero-order chi connectivity index (χ0) is 23.5. The molecular formula is C28H22N2O3S. The second kappa shape index (κ2) is 9.45. The molecule has 0 atom stereocenters. The predicted molar refractivity (Wildman–Crippen MR) is 138 cm³/mol. The van der Waals surface area contributed by atoms with Crippen LogP contribution in [0.3, 0.4) is 0 Å². The van der Waals surface area contributed by atoms with Crippen molar-refractivity contribution in [2.45, 2.75) is 10.9 Å². The molecule has 2 N–H and O–H groups in total. The van der Waals surface area contributed by atoms with E-state index in [1.807, 2.05) is 66.7 Å². The number of nitrogens with one attached hydrogen (secondary N) is 1. The number of ether oxygens (including phenoxy) is 1. The average molecular weight is 467 g/mol. The highest BCUT2D eigenvalue weighted by Gasteiger charge is 2.12. The van der Waals surface area contributed by atoms with E-state index < -0.39 is 0 Å². The van der Waals surface area contributed by atoms with Crippen molar-refractivity contribution in [3.63, 3.8) is 0 Å². The minimum absolute atomic E-state index is 0.00500. The number of aromatic nitrogens is 2. The standard InChI is InChI=1S/C28H22N2O3S/c1-33-26-15-11-18(16-20(26)17-34-28-29-23-8-4-5-9-24(23)30-28)10-14-25(31)22-13-12-19-6-2-3-7-21(19)27(22)32/h2-16,32H,17H2,1H3,(H,29,30)/b14-10+. The SMILES string of the molecule is COc1ccc(/C=C/C(=O)c2ccc3ccccc3c2O)cc1CSc1nc2ccccc2[nH]1. The van der Waals surface area contributed by atoms with Crippen LogP contribution in [0.4, 0.5) is 0 Å². The molecule has 0 bridgehead atoms. The normalized spacial score (nSPS) is 11.4. The Labute approximate surface area is 201 Å². The van der Waals surface area contributed by atoms with Crippen molar-refractivity contribution in [1.82, 2.24) is 9.97 Å². The number of para-hydroxylation sites is 2. The van der Waals surface area contributed by atoms with Gasteiger partial charge in [-0.1, -0.05) is 66.4 Å². The Morgan fingerprint density at radius 3 is 2.74 bits per heavy atom. The Hall–Kier alpha value is -4.03. The zero-order valence-corrected chi connectivity index (χ0v) is 19.3. The minimum Gasteiger partial charge on any atom is -0.507 e. The van der Waals surface area contributed by atoms with E-state index in [1.54, 1.807) is 37.1 Å². The lowest BCUT2D eigenvalue weighted by molar-refractivity contribution is 0.104. The molecule has 0 aliphatic heterocycles. The summed E-state index contributed by atoms with van der Waals surface area (Å²) in [5, 5.41) is 13.0. The van der Waals surface area contributed by atoms with E-state index in [0.717, 1.165) is 38.5 Å². The zero-order valence-electron chi connectivity index (χ0n) is 18.5. The number of rotatable bonds is 7. The molecule has 1 heterocycles. The number of hydrogen-bond acceptors (Lipinski definition) is 5. The number of carbonyl (C=O) groups is 1. The second-order valence-electron chi connectivity index (χ2n) is 7.80. The molecule has 0 aliphatic rings. The van der Waals surface area contributed by atoms with Crippen molar-refractivity contribution in [3.8, 4) is 11.5 Å². The number of phenols is 1. The van der Waals surface area contributed by atoms with Gasteiger partial charge in [-0.15, -0.1) is 0 Å². The monoisotopic (exact) mass is 466 g/mol. The van der Waals surface area contributed by atoms with Gasteiger partial charge in [0, 0.05) is 16.7 Å². The minimum atomic E-state index is -0.253. The van der Waals surface area contributed by atoms with Gasteiger partial charge in [-0.25, -0.2) is 4.98 Å². The second-order valence-corrected chi connectivity index (χ2v) is 8.76. The Morgan fingerprint density at radius 2 is 1.88 bits per heavy atom. The number of H-pyrrole nitrogens is 1. The summed E-state index contributed by atoms with van der Waals surface area (Å²) in [6.45, 7) is 0. The Morgan fingerprint density at radius 1 is 1.06 bits per heavy atom. The molecule has 0 saturated heterocycles. The molecule has 0 aliphatic carbocycles. The molecule has 0 unspecified atom stereocenters. The number of thioether (sulfide) groups is 1.